The Balaban J connectivity index is 3.23. The molecule has 0 saturated carbocycles. The predicted molar refractivity (Wildman–Crippen MR) is 189 cm³/mol. The van der Waals surface area contributed by atoms with Crippen LogP contribution >= 0.6 is 0 Å². The van der Waals surface area contributed by atoms with E-state index in [4.69, 9.17) is 9.47 Å². The monoisotopic (exact) mass is 700 g/mol. The van der Waals surface area contributed by atoms with Gasteiger partial charge in [-0.05, 0) is 75.0 Å². The number of aliphatic hydroxyl groups excluding tert-OH is 7. The number of hydrogen-bond donors (Lipinski definition) is 8. The van der Waals surface area contributed by atoms with E-state index in [1.165, 1.54) is 6.92 Å². The highest BCUT2D eigenvalue weighted by atomic mass is 16.7. The summed E-state index contributed by atoms with van der Waals surface area (Å²) in [6.07, 6.45) is -2.13. The van der Waals surface area contributed by atoms with Gasteiger partial charge in [0.2, 0.25) is 0 Å². The van der Waals surface area contributed by atoms with Crippen LogP contribution in [0, 0.1) is 41.4 Å². The molecule has 1 aliphatic heterocycles. The van der Waals surface area contributed by atoms with Gasteiger partial charge in [-0.15, -0.1) is 0 Å². The van der Waals surface area contributed by atoms with Crippen molar-refractivity contribution < 1.29 is 55.1 Å². The minimum atomic E-state index is -1.56. The quantitative estimate of drug-likeness (QED) is 0.0860. The molecule has 0 bridgehead atoms. The number of aliphatic carboxylic acids is 1. The van der Waals surface area contributed by atoms with Gasteiger partial charge in [-0.25, -0.2) is 0 Å². The molecule has 0 aromatic rings. The number of ether oxygens (including phenoxy) is 2. The van der Waals surface area contributed by atoms with Crippen molar-refractivity contribution in [2.24, 2.45) is 41.4 Å². The number of rotatable bonds is 20. The molecule has 16 atom stereocenters. The lowest BCUT2D eigenvalue weighted by Crippen LogP contribution is -2.60. The normalized spacial score (nSPS) is 29.6. The predicted octanol–water partition coefficient (Wildman–Crippen LogP) is 3.82. The molecule has 0 spiro atoms. The maximum atomic E-state index is 11.3. The summed E-state index contributed by atoms with van der Waals surface area (Å²) < 4.78 is 12.1. The molecule has 0 aliphatic carbocycles. The highest BCUT2D eigenvalue weighted by molar-refractivity contribution is 5.70. The number of carboxylic acid groups (broad SMARTS) is 1. The molecule has 1 heterocycles. The fraction of sp³-hybridized carbons (Fsp3) is 0.816. The van der Waals surface area contributed by atoms with Gasteiger partial charge in [0, 0.05) is 17.8 Å². The number of hydrogen-bond acceptors (Lipinski definition) is 10. The molecule has 1 saturated heterocycles. The summed E-state index contributed by atoms with van der Waals surface area (Å²) in [5.41, 5.74) is 1.76. The van der Waals surface area contributed by atoms with E-state index in [0.29, 0.717) is 28.6 Å². The van der Waals surface area contributed by atoms with Gasteiger partial charge in [-0.3, -0.25) is 4.79 Å². The first kappa shape index (κ1) is 45.4. The minimum Gasteiger partial charge on any atom is -0.481 e. The largest absolute Gasteiger partial charge is 0.481 e. The molecule has 1 fully saturated rings. The molecule has 11 heteroatoms. The van der Waals surface area contributed by atoms with Crippen molar-refractivity contribution in [2.75, 3.05) is 6.61 Å². The van der Waals surface area contributed by atoms with Crippen molar-refractivity contribution in [2.45, 2.75) is 151 Å². The lowest BCUT2D eigenvalue weighted by atomic mass is 9.82. The molecule has 1 aliphatic rings. The molecule has 8 N–H and O–H groups in total. The molecule has 0 amide bonds. The molecular weight excluding hydrogens is 632 g/mol. The lowest BCUT2D eigenvalue weighted by Gasteiger charge is -2.42. The SMILES string of the molecule is CCC(C)CC(C)CC(C)C(OC1OC(CO)C(O)C(O)C1O)C(C)C=C(C)C(O)C(C)C=C(C)C(O)C(C)C=C(C)C(O)C(C)C(=O)O. The van der Waals surface area contributed by atoms with E-state index >= 15 is 0 Å². The average Bonchev–Trinajstić information content (AvgIpc) is 3.04. The van der Waals surface area contributed by atoms with E-state index in [2.05, 4.69) is 27.7 Å². The van der Waals surface area contributed by atoms with Crippen LogP contribution in [0.3, 0.4) is 0 Å². The molecule has 11 nitrogen and oxygen atoms in total. The van der Waals surface area contributed by atoms with Gasteiger partial charge in [0.05, 0.1) is 36.9 Å². The zero-order valence-electron chi connectivity index (χ0n) is 31.6. The van der Waals surface area contributed by atoms with Crippen molar-refractivity contribution in [1.82, 2.24) is 0 Å². The number of aliphatic hydroxyl groups is 7. The summed E-state index contributed by atoms with van der Waals surface area (Å²) in [5.74, 6) is -2.24. The summed E-state index contributed by atoms with van der Waals surface area (Å²) in [7, 11) is 0. The van der Waals surface area contributed by atoms with E-state index in [0.717, 1.165) is 19.3 Å². The molecule has 0 aromatic heterocycles. The lowest BCUT2D eigenvalue weighted by molar-refractivity contribution is -0.317. The first-order valence-electron chi connectivity index (χ1n) is 18.0. The Morgan fingerprint density at radius 3 is 1.63 bits per heavy atom. The van der Waals surface area contributed by atoms with Crippen LogP contribution in [0.15, 0.2) is 34.9 Å². The standard InChI is InChI=1S/C38H68O11/c1-12-19(2)13-20(3)14-26(9)36(49-38-35(45)34(44)33(43)29(18-39)48-38)27(10)17-24(7)31(41)22(5)15-21(4)30(40)23(6)16-25(8)32(42)28(11)37(46)47/h15-17,19-20,22-23,26-36,38-45H,12-14,18H2,1-11H3,(H,46,47). The summed E-state index contributed by atoms with van der Waals surface area (Å²) in [6, 6.07) is 0. The van der Waals surface area contributed by atoms with Crippen molar-refractivity contribution in [3.63, 3.8) is 0 Å². The van der Waals surface area contributed by atoms with Gasteiger partial charge < -0.3 is 50.3 Å². The number of carboxylic acids is 1. The third-order valence-corrected chi connectivity index (χ3v) is 10.3. The summed E-state index contributed by atoms with van der Waals surface area (Å²) in [6.45, 7) is 20.3. The van der Waals surface area contributed by atoms with Crippen LogP contribution in [-0.4, -0.2) is 109 Å². The smallest absolute Gasteiger partial charge is 0.309 e. The van der Waals surface area contributed by atoms with Crippen molar-refractivity contribution >= 4 is 5.97 Å². The second-order valence-corrected chi connectivity index (χ2v) is 15.1. The maximum Gasteiger partial charge on any atom is 0.309 e. The first-order chi connectivity index (χ1) is 22.7. The Morgan fingerprint density at radius 1 is 0.714 bits per heavy atom. The van der Waals surface area contributed by atoms with E-state index < -0.39 is 79.5 Å². The Bertz CT molecular complexity index is 1090. The van der Waals surface area contributed by atoms with Gasteiger partial charge in [-0.2, -0.15) is 0 Å². The van der Waals surface area contributed by atoms with Gasteiger partial charge >= 0.3 is 5.97 Å². The Labute approximate surface area is 294 Å². The van der Waals surface area contributed by atoms with Crippen LogP contribution in [0.2, 0.25) is 0 Å². The first-order valence-corrected chi connectivity index (χ1v) is 18.0. The summed E-state index contributed by atoms with van der Waals surface area (Å²) in [4.78, 5) is 11.3. The molecular formula is C38H68O11. The van der Waals surface area contributed by atoms with E-state index in [1.54, 1.807) is 32.9 Å². The fourth-order valence-corrected chi connectivity index (χ4v) is 7.01. The summed E-state index contributed by atoms with van der Waals surface area (Å²) in [5, 5.41) is 83.0. The number of carbonyl (C=O) groups is 1. The van der Waals surface area contributed by atoms with Crippen LogP contribution in [0.4, 0.5) is 0 Å². The van der Waals surface area contributed by atoms with Crippen LogP contribution in [0.5, 0.6) is 0 Å². The molecule has 0 aromatic carbocycles. The highest BCUT2D eigenvalue weighted by Gasteiger charge is 2.45. The highest BCUT2D eigenvalue weighted by Crippen LogP contribution is 2.33. The van der Waals surface area contributed by atoms with Crippen LogP contribution < -0.4 is 0 Å². The van der Waals surface area contributed by atoms with E-state index in [9.17, 15) is 45.6 Å². The second-order valence-electron chi connectivity index (χ2n) is 15.1. The van der Waals surface area contributed by atoms with Crippen molar-refractivity contribution in [1.29, 1.82) is 0 Å². The Morgan fingerprint density at radius 2 is 1.18 bits per heavy atom. The van der Waals surface area contributed by atoms with Crippen LogP contribution in [0.1, 0.15) is 95.4 Å². The van der Waals surface area contributed by atoms with Gasteiger partial charge in [0.25, 0.3) is 0 Å². The molecule has 0 radical (unpaired) electrons. The topological polar surface area (TPSA) is 197 Å². The molecule has 1 rings (SSSR count). The van der Waals surface area contributed by atoms with Gasteiger partial charge in [-0.1, -0.05) is 73.1 Å². The van der Waals surface area contributed by atoms with Crippen LogP contribution in [-0.2, 0) is 14.3 Å². The maximum absolute atomic E-state index is 11.3. The zero-order chi connectivity index (χ0) is 37.9. The molecule has 49 heavy (non-hydrogen) atoms. The minimum absolute atomic E-state index is 0.0210. The van der Waals surface area contributed by atoms with E-state index in [-0.39, 0.29) is 17.8 Å². The van der Waals surface area contributed by atoms with Crippen molar-refractivity contribution in [3.8, 4) is 0 Å². The second kappa shape index (κ2) is 21.0. The Kier molecular flexibility index (Phi) is 19.4. The fourth-order valence-electron chi connectivity index (χ4n) is 7.01. The van der Waals surface area contributed by atoms with Crippen molar-refractivity contribution in [3.05, 3.63) is 34.9 Å². The third-order valence-electron chi connectivity index (χ3n) is 10.3. The third kappa shape index (κ3) is 13.4. The van der Waals surface area contributed by atoms with Crippen LogP contribution in [0.25, 0.3) is 0 Å². The van der Waals surface area contributed by atoms with Gasteiger partial charge in [0.15, 0.2) is 6.29 Å². The van der Waals surface area contributed by atoms with E-state index in [1.807, 2.05) is 26.8 Å². The summed E-state index contributed by atoms with van der Waals surface area (Å²) >= 11 is 0. The van der Waals surface area contributed by atoms with Gasteiger partial charge in [0.1, 0.15) is 24.4 Å². The average molecular weight is 701 g/mol. The zero-order valence-corrected chi connectivity index (χ0v) is 31.6. The Hall–Kier alpha value is -1.67. The molecule has 286 valence electrons. The molecule has 16 unspecified atom stereocenters.